The Morgan fingerprint density at radius 2 is 2.25 bits per heavy atom. The van der Waals surface area contributed by atoms with Crippen molar-refractivity contribution >= 4 is 11.8 Å². The van der Waals surface area contributed by atoms with Crippen LogP contribution in [0.4, 0.5) is 10.2 Å². The second kappa shape index (κ2) is 10.6. The van der Waals surface area contributed by atoms with Gasteiger partial charge in [0.05, 0.1) is 13.2 Å². The lowest BCUT2D eigenvalue weighted by Gasteiger charge is -2.22. The maximum absolute atomic E-state index is 14.0. The number of rotatable bonds is 10. The molecule has 0 spiro atoms. The number of anilines is 1. The van der Waals surface area contributed by atoms with Gasteiger partial charge in [-0.1, -0.05) is 0 Å². The first kappa shape index (κ1) is 20.8. The molecule has 2 N–H and O–H groups in total. The van der Waals surface area contributed by atoms with Crippen molar-refractivity contribution in [2.45, 2.75) is 38.3 Å². The Labute approximate surface area is 167 Å². The first-order valence-electron chi connectivity index (χ1n) is 10.3. The van der Waals surface area contributed by atoms with E-state index in [2.05, 4.69) is 27.4 Å². The summed E-state index contributed by atoms with van der Waals surface area (Å²) < 4.78 is 19.2. The predicted octanol–water partition coefficient (Wildman–Crippen LogP) is 1.47. The second-order valence-electron chi connectivity index (χ2n) is 7.41. The van der Waals surface area contributed by atoms with E-state index >= 15 is 0 Å². The van der Waals surface area contributed by atoms with E-state index in [1.54, 1.807) is 19.4 Å². The summed E-state index contributed by atoms with van der Waals surface area (Å²) in [5, 5.41) is 6.83. The van der Waals surface area contributed by atoms with Gasteiger partial charge in [-0.25, -0.2) is 9.37 Å². The molecule has 0 aromatic carbocycles. The summed E-state index contributed by atoms with van der Waals surface area (Å²) in [6, 6.07) is 4.02. The highest BCUT2D eigenvalue weighted by atomic mass is 19.1. The minimum atomic E-state index is -0.264. The summed E-state index contributed by atoms with van der Waals surface area (Å²) in [6.45, 7) is 7.82. The highest BCUT2D eigenvalue weighted by Gasteiger charge is 2.28. The maximum Gasteiger partial charge on any atom is 0.191 e. The molecule has 1 unspecified atom stereocenters. The molecule has 1 saturated carbocycles. The van der Waals surface area contributed by atoms with Crippen LogP contribution in [-0.4, -0.2) is 80.9 Å². The molecule has 1 atom stereocenters. The number of pyridine rings is 1. The number of aromatic nitrogens is 1. The Hall–Kier alpha value is -1.93. The first-order valence-corrected chi connectivity index (χ1v) is 10.3. The van der Waals surface area contributed by atoms with E-state index in [9.17, 15) is 4.39 Å². The van der Waals surface area contributed by atoms with Crippen LogP contribution in [0.1, 0.15) is 26.2 Å². The molecule has 2 heterocycles. The van der Waals surface area contributed by atoms with Crippen LogP contribution in [0.15, 0.2) is 23.3 Å². The van der Waals surface area contributed by atoms with Gasteiger partial charge in [0, 0.05) is 58.1 Å². The van der Waals surface area contributed by atoms with Crippen LogP contribution in [0, 0.1) is 5.82 Å². The Morgan fingerprint density at radius 1 is 1.39 bits per heavy atom. The van der Waals surface area contributed by atoms with Crippen molar-refractivity contribution < 1.29 is 9.13 Å². The van der Waals surface area contributed by atoms with Crippen molar-refractivity contribution in [3.05, 3.63) is 24.1 Å². The number of hydrogen-bond acceptors (Lipinski definition) is 5. The molecule has 1 aliphatic heterocycles. The van der Waals surface area contributed by atoms with E-state index in [-0.39, 0.29) is 11.9 Å². The molecular weight excluding hydrogens is 359 g/mol. The van der Waals surface area contributed by atoms with Crippen LogP contribution < -0.4 is 15.5 Å². The standard InChI is InChI=1S/C20H33FN6O/c1-3-22-20(24-10-12-26(13-14-28-2)17-6-7-17)25-16-8-11-27(15-16)19-18(21)5-4-9-23-19/h4-5,9,16-17H,3,6-8,10-15H2,1-2H3,(H2,22,24,25). The van der Waals surface area contributed by atoms with Crippen molar-refractivity contribution in [2.75, 3.05) is 57.9 Å². The average Bonchev–Trinajstić information content (AvgIpc) is 3.44. The van der Waals surface area contributed by atoms with Crippen molar-refractivity contribution in [1.29, 1.82) is 0 Å². The number of aliphatic imine (C=N–C) groups is 1. The van der Waals surface area contributed by atoms with Gasteiger partial charge < -0.3 is 20.3 Å². The van der Waals surface area contributed by atoms with E-state index in [4.69, 9.17) is 9.73 Å². The van der Waals surface area contributed by atoms with Gasteiger partial charge >= 0.3 is 0 Å². The zero-order valence-electron chi connectivity index (χ0n) is 17.0. The predicted molar refractivity (Wildman–Crippen MR) is 110 cm³/mol. The molecule has 28 heavy (non-hydrogen) atoms. The highest BCUT2D eigenvalue weighted by Crippen LogP contribution is 2.26. The molecule has 7 nitrogen and oxygen atoms in total. The molecule has 0 bridgehead atoms. The third-order valence-electron chi connectivity index (χ3n) is 5.21. The van der Waals surface area contributed by atoms with Gasteiger partial charge in [-0.05, 0) is 38.3 Å². The molecule has 2 aliphatic rings. The molecule has 0 amide bonds. The van der Waals surface area contributed by atoms with Crippen LogP contribution in [0.2, 0.25) is 0 Å². The molecule has 2 fully saturated rings. The molecule has 3 rings (SSSR count). The second-order valence-corrected chi connectivity index (χ2v) is 7.41. The first-order chi connectivity index (χ1) is 13.7. The molecular formula is C20H33FN6O. The molecule has 1 aromatic heterocycles. The molecule has 1 aromatic rings. The van der Waals surface area contributed by atoms with Gasteiger partial charge in [-0.15, -0.1) is 0 Å². The van der Waals surface area contributed by atoms with Gasteiger partial charge in [0.1, 0.15) is 0 Å². The van der Waals surface area contributed by atoms with E-state index in [1.807, 2.05) is 4.90 Å². The van der Waals surface area contributed by atoms with Gasteiger partial charge in [0.15, 0.2) is 17.6 Å². The van der Waals surface area contributed by atoms with E-state index in [0.29, 0.717) is 11.9 Å². The highest BCUT2D eigenvalue weighted by molar-refractivity contribution is 5.80. The number of guanidine groups is 1. The quantitative estimate of drug-likeness (QED) is 0.464. The lowest BCUT2D eigenvalue weighted by atomic mass is 10.3. The lowest BCUT2D eigenvalue weighted by Crippen LogP contribution is -2.45. The molecule has 156 valence electrons. The lowest BCUT2D eigenvalue weighted by molar-refractivity contribution is 0.145. The largest absolute Gasteiger partial charge is 0.383 e. The topological polar surface area (TPSA) is 65.0 Å². The van der Waals surface area contributed by atoms with Crippen molar-refractivity contribution in [3.8, 4) is 0 Å². The Bertz CT molecular complexity index is 639. The van der Waals surface area contributed by atoms with Gasteiger partial charge in [0.2, 0.25) is 0 Å². The summed E-state index contributed by atoms with van der Waals surface area (Å²) in [6.07, 6.45) is 5.14. The van der Waals surface area contributed by atoms with E-state index in [1.165, 1.54) is 18.9 Å². The van der Waals surface area contributed by atoms with E-state index < -0.39 is 0 Å². The third-order valence-corrected chi connectivity index (χ3v) is 5.21. The van der Waals surface area contributed by atoms with Gasteiger partial charge in [-0.3, -0.25) is 9.89 Å². The molecule has 1 aliphatic carbocycles. The fourth-order valence-electron chi connectivity index (χ4n) is 3.61. The van der Waals surface area contributed by atoms with Crippen LogP contribution >= 0.6 is 0 Å². The smallest absolute Gasteiger partial charge is 0.191 e. The fraction of sp³-hybridized carbons (Fsp3) is 0.700. The fourth-order valence-corrected chi connectivity index (χ4v) is 3.61. The normalized spacial score (nSPS) is 20.1. The molecule has 8 heteroatoms. The maximum atomic E-state index is 14.0. The zero-order valence-corrected chi connectivity index (χ0v) is 17.0. The Kier molecular flexibility index (Phi) is 7.85. The van der Waals surface area contributed by atoms with E-state index in [0.717, 1.165) is 58.3 Å². The number of nitrogens with zero attached hydrogens (tertiary/aromatic N) is 4. The minimum absolute atomic E-state index is 0.229. The number of hydrogen-bond donors (Lipinski definition) is 2. The van der Waals surface area contributed by atoms with Crippen molar-refractivity contribution in [3.63, 3.8) is 0 Å². The monoisotopic (exact) mass is 392 g/mol. The molecule has 1 saturated heterocycles. The summed E-state index contributed by atoms with van der Waals surface area (Å²) >= 11 is 0. The van der Waals surface area contributed by atoms with Gasteiger partial charge in [-0.2, -0.15) is 0 Å². The third kappa shape index (κ3) is 6.04. The Balaban J connectivity index is 1.50. The zero-order chi connectivity index (χ0) is 19.8. The van der Waals surface area contributed by atoms with Crippen LogP contribution in [0.25, 0.3) is 0 Å². The number of halogens is 1. The summed E-state index contributed by atoms with van der Waals surface area (Å²) in [4.78, 5) is 13.4. The number of methoxy groups -OCH3 is 1. The minimum Gasteiger partial charge on any atom is -0.383 e. The molecule has 0 radical (unpaired) electrons. The van der Waals surface area contributed by atoms with Crippen LogP contribution in [0.5, 0.6) is 0 Å². The number of nitrogens with one attached hydrogen (secondary N) is 2. The summed E-state index contributed by atoms with van der Waals surface area (Å²) in [5.41, 5.74) is 0. The summed E-state index contributed by atoms with van der Waals surface area (Å²) in [5.74, 6) is 1.00. The Morgan fingerprint density at radius 3 is 2.96 bits per heavy atom. The van der Waals surface area contributed by atoms with Crippen molar-refractivity contribution in [2.24, 2.45) is 4.99 Å². The van der Waals surface area contributed by atoms with Crippen LogP contribution in [-0.2, 0) is 4.74 Å². The van der Waals surface area contributed by atoms with Crippen molar-refractivity contribution in [1.82, 2.24) is 20.5 Å². The SMILES string of the molecule is CCNC(=NCCN(CCOC)C1CC1)NC1CCN(c2ncccc2F)C1. The average molecular weight is 393 g/mol. The number of ether oxygens (including phenoxy) is 1. The van der Waals surface area contributed by atoms with Crippen LogP contribution in [0.3, 0.4) is 0 Å². The summed E-state index contributed by atoms with van der Waals surface area (Å²) in [7, 11) is 1.75. The van der Waals surface area contributed by atoms with Gasteiger partial charge in [0.25, 0.3) is 0 Å².